The van der Waals surface area contributed by atoms with E-state index in [0.717, 1.165) is 18.4 Å². The van der Waals surface area contributed by atoms with Crippen molar-refractivity contribution in [3.05, 3.63) is 83.4 Å². The van der Waals surface area contributed by atoms with E-state index < -0.39 is 0 Å². The molecule has 1 aliphatic rings. The largest absolute Gasteiger partial charge is 0.459 e. The lowest BCUT2D eigenvalue weighted by atomic mass is 9.96. The van der Waals surface area contributed by atoms with E-state index in [1.54, 1.807) is 47.2 Å². The number of anilines is 1. The number of hydrogen-bond acceptors (Lipinski definition) is 4. The molecule has 6 nitrogen and oxygen atoms in total. The van der Waals surface area contributed by atoms with Crippen LogP contribution in [0.15, 0.2) is 70.4 Å². The zero-order chi connectivity index (χ0) is 20.9. The number of amides is 1. The highest BCUT2D eigenvalue weighted by Gasteiger charge is 2.15. The third-order valence-corrected chi connectivity index (χ3v) is 5.31. The van der Waals surface area contributed by atoms with Gasteiger partial charge in [-0.05, 0) is 67.8 Å². The molecule has 1 saturated carbocycles. The maximum atomic E-state index is 13.3. The average Bonchev–Trinajstić information content (AvgIpc) is 3.30. The summed E-state index contributed by atoms with van der Waals surface area (Å²) in [5, 5.41) is 2.76. The van der Waals surface area contributed by atoms with Gasteiger partial charge in [-0.1, -0.05) is 25.3 Å². The fraction of sp³-hybridized carbons (Fsp3) is 0.292. The van der Waals surface area contributed by atoms with Crippen LogP contribution in [0.1, 0.15) is 58.6 Å². The highest BCUT2D eigenvalue weighted by Crippen LogP contribution is 2.20. The molecule has 1 aromatic carbocycles. The van der Waals surface area contributed by atoms with Crippen molar-refractivity contribution in [1.82, 2.24) is 4.57 Å². The van der Waals surface area contributed by atoms with Crippen LogP contribution in [0.5, 0.6) is 0 Å². The summed E-state index contributed by atoms with van der Waals surface area (Å²) in [7, 11) is 0. The van der Waals surface area contributed by atoms with Gasteiger partial charge in [0.15, 0.2) is 5.76 Å². The average molecular weight is 403 g/mol. The van der Waals surface area contributed by atoms with Crippen LogP contribution in [-0.4, -0.2) is 22.4 Å². The molecule has 3 aromatic rings. The van der Waals surface area contributed by atoms with Crippen molar-refractivity contribution in [3.8, 4) is 0 Å². The molecule has 0 saturated heterocycles. The number of nitrogens with one attached hydrogen (secondary N) is 1. The number of furan rings is 1. The number of carbonyl (C=O) groups is 2. The van der Waals surface area contributed by atoms with Crippen LogP contribution in [0, 0.1) is 6.92 Å². The molecule has 0 bridgehead atoms. The lowest BCUT2D eigenvalue weighted by Crippen LogP contribution is -2.29. The summed E-state index contributed by atoms with van der Waals surface area (Å²) < 4.78 is 6.71. The third kappa shape index (κ3) is 4.59. The summed E-state index contributed by atoms with van der Waals surface area (Å²) in [6.45, 7) is 2.00. The number of pyridine rings is 1. The molecule has 2 aromatic heterocycles. The molecule has 1 aliphatic carbocycles. The molecular formula is C24H25N3O3. The van der Waals surface area contributed by atoms with Gasteiger partial charge in [-0.3, -0.25) is 19.1 Å². The Morgan fingerprint density at radius 1 is 1.07 bits per heavy atom. The van der Waals surface area contributed by atoms with Crippen LogP contribution in [0.2, 0.25) is 0 Å². The number of rotatable bonds is 4. The first-order valence-electron chi connectivity index (χ1n) is 10.3. The Morgan fingerprint density at radius 2 is 1.90 bits per heavy atom. The Morgan fingerprint density at radius 3 is 2.67 bits per heavy atom. The first-order chi connectivity index (χ1) is 14.6. The van der Waals surface area contributed by atoms with E-state index in [-0.39, 0.29) is 23.6 Å². The molecule has 2 heterocycles. The first-order valence-corrected chi connectivity index (χ1v) is 10.3. The zero-order valence-corrected chi connectivity index (χ0v) is 17.0. The molecule has 0 aliphatic heterocycles. The van der Waals surface area contributed by atoms with Crippen LogP contribution >= 0.6 is 0 Å². The second kappa shape index (κ2) is 8.95. The SMILES string of the molecule is Cc1ccn(C(=O)c2cccc(NC(=O)c3ccco3)c2)c(=NC2CCCCC2)c1. The fourth-order valence-electron chi connectivity index (χ4n) is 3.73. The van der Waals surface area contributed by atoms with Gasteiger partial charge >= 0.3 is 0 Å². The summed E-state index contributed by atoms with van der Waals surface area (Å²) in [5.74, 6) is -0.326. The molecule has 0 radical (unpaired) electrons. The smallest absolute Gasteiger partial charge is 0.291 e. The maximum absolute atomic E-state index is 13.3. The van der Waals surface area contributed by atoms with Crippen molar-refractivity contribution >= 4 is 17.5 Å². The molecule has 1 fully saturated rings. The Labute approximate surface area is 175 Å². The number of benzene rings is 1. The Bertz CT molecular complexity index is 1110. The van der Waals surface area contributed by atoms with E-state index in [1.807, 2.05) is 19.1 Å². The predicted octanol–water partition coefficient (Wildman–Crippen LogP) is 4.56. The summed E-state index contributed by atoms with van der Waals surface area (Å²) in [6, 6.07) is 14.3. The summed E-state index contributed by atoms with van der Waals surface area (Å²) in [5.41, 5.74) is 2.74. The highest BCUT2D eigenvalue weighted by atomic mass is 16.3. The van der Waals surface area contributed by atoms with Crippen LogP contribution in [0.3, 0.4) is 0 Å². The predicted molar refractivity (Wildman–Crippen MR) is 114 cm³/mol. The second-order valence-corrected chi connectivity index (χ2v) is 7.67. The minimum atomic E-state index is -0.361. The molecular weight excluding hydrogens is 378 g/mol. The van der Waals surface area contributed by atoms with E-state index in [2.05, 4.69) is 5.32 Å². The van der Waals surface area contributed by atoms with Gasteiger partial charge in [-0.15, -0.1) is 0 Å². The van der Waals surface area contributed by atoms with Gasteiger partial charge in [-0.25, -0.2) is 0 Å². The van der Waals surface area contributed by atoms with Gasteiger partial charge in [0.1, 0.15) is 5.49 Å². The van der Waals surface area contributed by atoms with Crippen molar-refractivity contribution in [3.63, 3.8) is 0 Å². The van der Waals surface area contributed by atoms with Crippen molar-refractivity contribution in [2.24, 2.45) is 4.99 Å². The topological polar surface area (TPSA) is 76.6 Å². The van der Waals surface area contributed by atoms with Crippen LogP contribution in [0.4, 0.5) is 5.69 Å². The standard InChI is InChI=1S/C24H25N3O3/c1-17-12-13-27(22(15-17)25-19-8-3-2-4-9-19)24(29)18-7-5-10-20(16-18)26-23(28)21-11-6-14-30-21/h5-7,10-16,19H,2-4,8-9H2,1H3,(H,26,28). The Kier molecular flexibility index (Phi) is 5.93. The van der Waals surface area contributed by atoms with Gasteiger partial charge in [0.05, 0.1) is 12.3 Å². The van der Waals surface area contributed by atoms with E-state index in [0.29, 0.717) is 16.7 Å². The van der Waals surface area contributed by atoms with Crippen LogP contribution in [0.25, 0.3) is 0 Å². The van der Waals surface area contributed by atoms with E-state index in [9.17, 15) is 9.59 Å². The molecule has 6 heteroatoms. The molecule has 154 valence electrons. The van der Waals surface area contributed by atoms with Crippen molar-refractivity contribution in [2.45, 2.75) is 45.1 Å². The number of aromatic nitrogens is 1. The Balaban J connectivity index is 1.62. The molecule has 0 spiro atoms. The van der Waals surface area contributed by atoms with Crippen molar-refractivity contribution < 1.29 is 14.0 Å². The van der Waals surface area contributed by atoms with Crippen LogP contribution in [-0.2, 0) is 0 Å². The molecule has 0 unspecified atom stereocenters. The minimum absolute atomic E-state index is 0.182. The molecule has 1 N–H and O–H groups in total. The van der Waals surface area contributed by atoms with E-state index in [4.69, 9.17) is 9.41 Å². The summed E-state index contributed by atoms with van der Waals surface area (Å²) >= 11 is 0. The van der Waals surface area contributed by atoms with Gasteiger partial charge in [0.25, 0.3) is 11.8 Å². The third-order valence-electron chi connectivity index (χ3n) is 5.31. The van der Waals surface area contributed by atoms with Gasteiger partial charge in [0, 0.05) is 17.4 Å². The van der Waals surface area contributed by atoms with Crippen molar-refractivity contribution in [1.29, 1.82) is 0 Å². The normalized spacial score (nSPS) is 15.2. The van der Waals surface area contributed by atoms with Gasteiger partial charge < -0.3 is 9.73 Å². The van der Waals surface area contributed by atoms with E-state index >= 15 is 0 Å². The van der Waals surface area contributed by atoms with Crippen molar-refractivity contribution in [2.75, 3.05) is 5.32 Å². The first kappa shape index (κ1) is 19.9. The lowest BCUT2D eigenvalue weighted by Gasteiger charge is -2.18. The molecule has 0 atom stereocenters. The molecule has 1 amide bonds. The lowest BCUT2D eigenvalue weighted by molar-refractivity contribution is 0.0952. The quantitative estimate of drug-likeness (QED) is 0.694. The number of nitrogens with zero attached hydrogens (tertiary/aromatic N) is 2. The second-order valence-electron chi connectivity index (χ2n) is 7.67. The zero-order valence-electron chi connectivity index (χ0n) is 17.0. The molecule has 4 rings (SSSR count). The fourth-order valence-corrected chi connectivity index (χ4v) is 3.73. The van der Waals surface area contributed by atoms with Gasteiger partial charge in [0.2, 0.25) is 0 Å². The number of hydrogen-bond donors (Lipinski definition) is 1. The number of aryl methyl sites for hydroxylation is 1. The minimum Gasteiger partial charge on any atom is -0.459 e. The van der Waals surface area contributed by atoms with E-state index in [1.165, 1.54) is 25.5 Å². The monoisotopic (exact) mass is 403 g/mol. The summed E-state index contributed by atoms with van der Waals surface area (Å²) in [4.78, 5) is 30.4. The summed E-state index contributed by atoms with van der Waals surface area (Å²) in [6.07, 6.45) is 8.98. The van der Waals surface area contributed by atoms with Crippen LogP contribution < -0.4 is 10.8 Å². The van der Waals surface area contributed by atoms with Gasteiger partial charge in [-0.2, -0.15) is 0 Å². The molecule has 30 heavy (non-hydrogen) atoms. The maximum Gasteiger partial charge on any atom is 0.291 e. The number of carbonyl (C=O) groups excluding carboxylic acids is 2. The highest BCUT2D eigenvalue weighted by molar-refractivity contribution is 6.03. The Hall–Kier alpha value is -3.41.